The summed E-state index contributed by atoms with van der Waals surface area (Å²) >= 11 is 12.7. The standard InChI is InChI=1S/C23H20Cl2N4O3/c1-12-7-13(2)27-23(26-12)29-28-18-11-20(14-5-6-19(30-3)21(8-14)31-4)32-22-16(18)9-15(24)10-17(22)25/h5-11H,1-4H3,(H,26,27,29)/b28-18+. The number of benzene rings is 2. The van der Waals surface area contributed by atoms with Crippen LogP contribution in [0, 0.1) is 13.8 Å². The molecular formula is C23H20Cl2N4O3. The van der Waals surface area contributed by atoms with E-state index in [9.17, 15) is 0 Å². The second-order valence-electron chi connectivity index (χ2n) is 7.03. The molecule has 0 unspecified atom stereocenters. The van der Waals surface area contributed by atoms with Gasteiger partial charge in [-0.25, -0.2) is 15.4 Å². The molecule has 0 atom stereocenters. The Kier molecular flexibility index (Phi) is 6.21. The van der Waals surface area contributed by atoms with Crippen LogP contribution < -0.4 is 20.3 Å². The van der Waals surface area contributed by atoms with Crippen molar-refractivity contribution in [1.29, 1.82) is 0 Å². The van der Waals surface area contributed by atoms with E-state index in [-0.39, 0.29) is 0 Å². The highest BCUT2D eigenvalue weighted by molar-refractivity contribution is 6.38. The molecule has 0 aliphatic rings. The first-order chi connectivity index (χ1) is 15.4. The van der Waals surface area contributed by atoms with Crippen molar-refractivity contribution in [1.82, 2.24) is 9.97 Å². The van der Waals surface area contributed by atoms with E-state index in [0.29, 0.717) is 49.6 Å². The zero-order valence-corrected chi connectivity index (χ0v) is 19.4. The summed E-state index contributed by atoms with van der Waals surface area (Å²) in [6, 6.07) is 12.5. The average Bonchev–Trinajstić information content (AvgIpc) is 2.76. The monoisotopic (exact) mass is 470 g/mol. The van der Waals surface area contributed by atoms with Gasteiger partial charge in [0.25, 0.3) is 0 Å². The number of ether oxygens (including phenoxy) is 2. The van der Waals surface area contributed by atoms with Gasteiger partial charge in [0.1, 0.15) is 5.76 Å². The number of aromatic nitrogens is 2. The van der Waals surface area contributed by atoms with Gasteiger partial charge in [0.2, 0.25) is 5.95 Å². The van der Waals surface area contributed by atoms with Crippen LogP contribution in [-0.4, -0.2) is 24.2 Å². The minimum Gasteiger partial charge on any atom is -0.493 e. The van der Waals surface area contributed by atoms with Crippen molar-refractivity contribution in [2.75, 3.05) is 19.6 Å². The molecule has 0 radical (unpaired) electrons. The van der Waals surface area contributed by atoms with Gasteiger partial charge < -0.3 is 13.9 Å². The number of rotatable bonds is 5. The number of hydrogen-bond donors (Lipinski definition) is 1. The van der Waals surface area contributed by atoms with E-state index in [1.165, 1.54) is 0 Å². The fourth-order valence-corrected chi connectivity index (χ4v) is 3.84. The van der Waals surface area contributed by atoms with Gasteiger partial charge in [-0.1, -0.05) is 23.2 Å². The van der Waals surface area contributed by atoms with E-state index in [0.717, 1.165) is 17.0 Å². The van der Waals surface area contributed by atoms with Crippen LogP contribution in [0.1, 0.15) is 11.4 Å². The molecule has 9 heteroatoms. The summed E-state index contributed by atoms with van der Waals surface area (Å²) in [5.74, 6) is 2.10. The number of nitrogens with zero attached hydrogens (tertiary/aromatic N) is 3. The SMILES string of the molecule is COc1ccc(-c2c/c(=N\Nc3nc(C)cc(C)n3)c3cc(Cl)cc(Cl)c3o2)cc1OC. The summed E-state index contributed by atoms with van der Waals surface area (Å²) in [5.41, 5.74) is 5.80. The fourth-order valence-electron chi connectivity index (χ4n) is 3.31. The normalized spacial score (nSPS) is 11.6. The molecule has 0 fully saturated rings. The maximum absolute atomic E-state index is 6.45. The topological polar surface area (TPSA) is 81.8 Å². The maximum Gasteiger partial charge on any atom is 0.243 e. The molecule has 2 heterocycles. The molecule has 32 heavy (non-hydrogen) atoms. The summed E-state index contributed by atoms with van der Waals surface area (Å²) in [6.45, 7) is 3.79. The Balaban J connectivity index is 1.91. The molecule has 0 aliphatic carbocycles. The molecule has 2 aromatic carbocycles. The van der Waals surface area contributed by atoms with Gasteiger partial charge in [0, 0.05) is 33.4 Å². The minimum atomic E-state index is 0.369. The average molecular weight is 471 g/mol. The lowest BCUT2D eigenvalue weighted by atomic mass is 10.1. The van der Waals surface area contributed by atoms with Crippen molar-refractivity contribution < 1.29 is 13.9 Å². The van der Waals surface area contributed by atoms with E-state index >= 15 is 0 Å². The summed E-state index contributed by atoms with van der Waals surface area (Å²) in [6.07, 6.45) is 0. The van der Waals surface area contributed by atoms with Crippen molar-refractivity contribution in [3.63, 3.8) is 0 Å². The number of fused-ring (bicyclic) bond motifs is 1. The molecule has 0 saturated heterocycles. The molecule has 164 valence electrons. The molecule has 1 N–H and O–H groups in total. The number of nitrogens with one attached hydrogen (secondary N) is 1. The summed E-state index contributed by atoms with van der Waals surface area (Å²) in [7, 11) is 3.16. The third-order valence-corrected chi connectivity index (χ3v) is 5.19. The summed E-state index contributed by atoms with van der Waals surface area (Å²) in [4.78, 5) is 8.73. The van der Waals surface area contributed by atoms with Gasteiger partial charge in [-0.15, -0.1) is 0 Å². The smallest absolute Gasteiger partial charge is 0.243 e. The third kappa shape index (κ3) is 4.49. The van der Waals surface area contributed by atoms with Crippen molar-refractivity contribution in [2.45, 2.75) is 13.8 Å². The van der Waals surface area contributed by atoms with Crippen LogP contribution in [0.15, 0.2) is 52.0 Å². The van der Waals surface area contributed by atoms with E-state index in [2.05, 4.69) is 20.5 Å². The Morgan fingerprint density at radius 3 is 2.31 bits per heavy atom. The van der Waals surface area contributed by atoms with Crippen LogP contribution in [0.25, 0.3) is 22.3 Å². The highest BCUT2D eigenvalue weighted by atomic mass is 35.5. The lowest BCUT2D eigenvalue weighted by Crippen LogP contribution is -2.09. The second kappa shape index (κ2) is 9.06. The van der Waals surface area contributed by atoms with E-state index in [4.69, 9.17) is 37.1 Å². The number of halogens is 2. The predicted molar refractivity (Wildman–Crippen MR) is 125 cm³/mol. The first-order valence-electron chi connectivity index (χ1n) is 9.65. The number of hydrogen-bond acceptors (Lipinski definition) is 7. The van der Waals surface area contributed by atoms with Crippen LogP contribution in [0.3, 0.4) is 0 Å². The van der Waals surface area contributed by atoms with Gasteiger partial charge >= 0.3 is 0 Å². The zero-order valence-electron chi connectivity index (χ0n) is 17.9. The first kappa shape index (κ1) is 21.9. The van der Waals surface area contributed by atoms with Crippen molar-refractivity contribution >= 4 is 40.1 Å². The molecule has 7 nitrogen and oxygen atoms in total. The van der Waals surface area contributed by atoms with Crippen LogP contribution >= 0.6 is 23.2 Å². The Morgan fingerprint density at radius 1 is 0.906 bits per heavy atom. The summed E-state index contributed by atoms with van der Waals surface area (Å²) in [5, 5.41) is 6.56. The Bertz CT molecular complexity index is 1370. The number of methoxy groups -OCH3 is 2. The first-order valence-corrected chi connectivity index (χ1v) is 10.4. The molecule has 0 bridgehead atoms. The maximum atomic E-state index is 6.45. The van der Waals surface area contributed by atoms with Gasteiger partial charge in [-0.05, 0) is 50.2 Å². The Labute approximate surface area is 194 Å². The molecular weight excluding hydrogens is 451 g/mol. The number of anilines is 1. The van der Waals surface area contributed by atoms with E-state index in [1.54, 1.807) is 38.5 Å². The van der Waals surface area contributed by atoms with Crippen LogP contribution in [0.4, 0.5) is 5.95 Å². The third-order valence-electron chi connectivity index (χ3n) is 4.69. The van der Waals surface area contributed by atoms with Crippen LogP contribution in [0.5, 0.6) is 11.5 Å². The highest BCUT2D eigenvalue weighted by Gasteiger charge is 2.13. The van der Waals surface area contributed by atoms with E-state index in [1.807, 2.05) is 32.0 Å². The Hall–Kier alpha value is -3.29. The lowest BCUT2D eigenvalue weighted by Gasteiger charge is -2.11. The van der Waals surface area contributed by atoms with Crippen LogP contribution in [0.2, 0.25) is 10.0 Å². The molecule has 0 aliphatic heterocycles. The van der Waals surface area contributed by atoms with Crippen molar-refractivity contribution in [2.24, 2.45) is 5.10 Å². The van der Waals surface area contributed by atoms with Gasteiger partial charge in [0.15, 0.2) is 17.1 Å². The molecule has 4 aromatic rings. The highest BCUT2D eigenvalue weighted by Crippen LogP contribution is 2.34. The molecule has 2 aromatic heterocycles. The molecule has 4 rings (SSSR count). The largest absolute Gasteiger partial charge is 0.493 e. The minimum absolute atomic E-state index is 0.369. The van der Waals surface area contributed by atoms with Crippen LogP contribution in [-0.2, 0) is 0 Å². The summed E-state index contributed by atoms with van der Waals surface area (Å²) < 4.78 is 16.9. The fraction of sp³-hybridized carbons (Fsp3) is 0.174. The van der Waals surface area contributed by atoms with Crippen molar-refractivity contribution in [3.05, 3.63) is 69.3 Å². The zero-order chi connectivity index (χ0) is 22.8. The molecule has 0 spiro atoms. The van der Waals surface area contributed by atoms with Gasteiger partial charge in [-0.2, -0.15) is 5.10 Å². The lowest BCUT2D eigenvalue weighted by molar-refractivity contribution is 0.355. The Morgan fingerprint density at radius 2 is 1.62 bits per heavy atom. The van der Waals surface area contributed by atoms with E-state index < -0.39 is 0 Å². The van der Waals surface area contributed by atoms with Gasteiger partial charge in [-0.3, -0.25) is 0 Å². The predicted octanol–water partition coefficient (Wildman–Crippen LogP) is 5.76. The molecule has 0 saturated carbocycles. The van der Waals surface area contributed by atoms with Gasteiger partial charge in [0.05, 0.1) is 24.6 Å². The molecule has 0 amide bonds. The number of aryl methyl sites for hydroxylation is 2. The second-order valence-corrected chi connectivity index (χ2v) is 7.87. The van der Waals surface area contributed by atoms with Crippen molar-refractivity contribution in [3.8, 4) is 22.8 Å². The quantitative estimate of drug-likeness (QED) is 0.373.